The zero-order valence-corrected chi connectivity index (χ0v) is 16.0. The first-order chi connectivity index (χ1) is 14.2. The first-order valence-corrected chi connectivity index (χ1v) is 10.2. The molecule has 2 aliphatic rings. The summed E-state index contributed by atoms with van der Waals surface area (Å²) in [6, 6.07) is 9.56. The Hall–Kier alpha value is -2.96. The van der Waals surface area contributed by atoms with Crippen molar-refractivity contribution in [3.8, 4) is 11.3 Å². The topological polar surface area (TPSA) is 72.4 Å². The van der Waals surface area contributed by atoms with Gasteiger partial charge < -0.3 is 13.9 Å². The van der Waals surface area contributed by atoms with Crippen molar-refractivity contribution in [3.05, 3.63) is 59.4 Å². The van der Waals surface area contributed by atoms with Crippen molar-refractivity contribution >= 4 is 5.91 Å². The van der Waals surface area contributed by atoms with Gasteiger partial charge in [-0.1, -0.05) is 23.2 Å². The van der Waals surface area contributed by atoms with E-state index in [0.717, 1.165) is 49.8 Å². The minimum atomic E-state index is -0.295. The molecule has 3 heterocycles. The van der Waals surface area contributed by atoms with Crippen molar-refractivity contribution in [2.45, 2.75) is 50.5 Å². The number of benzene rings is 1. The number of carbonyl (C=O) groups is 1. The summed E-state index contributed by atoms with van der Waals surface area (Å²) >= 11 is 0. The molecule has 5 rings (SSSR count). The van der Waals surface area contributed by atoms with Gasteiger partial charge in [0.1, 0.15) is 17.3 Å². The van der Waals surface area contributed by atoms with Gasteiger partial charge in [0, 0.05) is 30.2 Å². The number of amides is 1. The molecule has 1 atom stereocenters. The van der Waals surface area contributed by atoms with Crippen molar-refractivity contribution in [2.24, 2.45) is 0 Å². The van der Waals surface area contributed by atoms with Crippen LogP contribution in [0.1, 0.15) is 72.5 Å². The highest BCUT2D eigenvalue weighted by molar-refractivity contribution is 5.92. The van der Waals surface area contributed by atoms with Crippen LogP contribution in [0.4, 0.5) is 4.39 Å². The Kier molecular flexibility index (Phi) is 4.66. The molecule has 7 heteroatoms. The van der Waals surface area contributed by atoms with Crippen LogP contribution < -0.4 is 0 Å². The second-order valence-corrected chi connectivity index (χ2v) is 7.87. The maximum atomic E-state index is 13.2. The normalized spacial score (nSPS) is 19.9. The zero-order valence-electron chi connectivity index (χ0n) is 16.0. The van der Waals surface area contributed by atoms with Crippen LogP contribution in [-0.4, -0.2) is 27.7 Å². The Balaban J connectivity index is 1.41. The average molecular weight is 395 g/mol. The van der Waals surface area contributed by atoms with E-state index in [2.05, 4.69) is 10.3 Å². The predicted octanol–water partition coefficient (Wildman–Crippen LogP) is 5.10. The SMILES string of the molecule is O=C(c1cc(C2CC2)on1)N1CCCCC[C@H]1c1cc(-c2ccc(F)cc2)no1. The standard InChI is InChI=1S/C22H22FN3O3/c23-16-9-7-14(8-10-16)17-12-21(29-24-17)19-4-2-1-3-11-26(19)22(27)18-13-20(28-25-18)15-5-6-15/h7-10,12-13,15,19H,1-6,11H2/t19-/m0/s1. The van der Waals surface area contributed by atoms with Gasteiger partial charge in [-0.15, -0.1) is 0 Å². The third-order valence-electron chi connectivity index (χ3n) is 5.74. The van der Waals surface area contributed by atoms with Crippen molar-refractivity contribution in [3.63, 3.8) is 0 Å². The molecule has 1 saturated heterocycles. The van der Waals surface area contributed by atoms with Crippen LogP contribution in [0.3, 0.4) is 0 Å². The molecule has 1 saturated carbocycles. The number of likely N-dealkylation sites (tertiary alicyclic amines) is 1. The molecule has 0 bridgehead atoms. The number of hydrogen-bond donors (Lipinski definition) is 0. The summed E-state index contributed by atoms with van der Waals surface area (Å²) in [4.78, 5) is 15.0. The summed E-state index contributed by atoms with van der Waals surface area (Å²) in [5.74, 6) is 1.43. The Morgan fingerprint density at radius 1 is 0.966 bits per heavy atom. The van der Waals surface area contributed by atoms with Crippen molar-refractivity contribution in [1.29, 1.82) is 0 Å². The maximum Gasteiger partial charge on any atom is 0.276 e. The van der Waals surface area contributed by atoms with E-state index in [-0.39, 0.29) is 17.8 Å². The molecule has 1 amide bonds. The third-order valence-corrected chi connectivity index (χ3v) is 5.74. The fourth-order valence-corrected chi connectivity index (χ4v) is 3.95. The van der Waals surface area contributed by atoms with Gasteiger partial charge in [0.25, 0.3) is 5.91 Å². The molecule has 0 N–H and O–H groups in total. The second-order valence-electron chi connectivity index (χ2n) is 7.87. The monoisotopic (exact) mass is 395 g/mol. The highest BCUT2D eigenvalue weighted by Gasteiger charge is 2.34. The minimum Gasteiger partial charge on any atom is -0.360 e. The molecular formula is C22H22FN3O3. The molecule has 0 unspecified atom stereocenters. The summed E-state index contributed by atoms with van der Waals surface area (Å²) in [6.45, 7) is 0.641. The molecule has 2 aromatic heterocycles. The molecule has 1 aliphatic carbocycles. The zero-order chi connectivity index (χ0) is 19.8. The number of rotatable bonds is 4. The summed E-state index contributed by atoms with van der Waals surface area (Å²) < 4.78 is 24.2. The van der Waals surface area contributed by atoms with Crippen molar-refractivity contribution < 1.29 is 18.2 Å². The van der Waals surface area contributed by atoms with Gasteiger partial charge in [-0.3, -0.25) is 4.79 Å². The van der Waals surface area contributed by atoms with E-state index in [4.69, 9.17) is 9.05 Å². The fourth-order valence-electron chi connectivity index (χ4n) is 3.95. The van der Waals surface area contributed by atoms with Crippen LogP contribution in [0.2, 0.25) is 0 Å². The Labute approximate surface area is 167 Å². The van der Waals surface area contributed by atoms with Gasteiger partial charge in [-0.25, -0.2) is 4.39 Å². The summed E-state index contributed by atoms with van der Waals surface area (Å²) in [6.07, 6.45) is 6.00. The number of halogens is 1. The quantitative estimate of drug-likeness (QED) is 0.614. The molecule has 1 aromatic carbocycles. The molecule has 3 aromatic rings. The van der Waals surface area contributed by atoms with Crippen molar-refractivity contribution in [1.82, 2.24) is 15.2 Å². The fraction of sp³-hybridized carbons (Fsp3) is 0.409. The molecule has 0 spiro atoms. The third kappa shape index (κ3) is 3.69. The first kappa shape index (κ1) is 18.1. The van der Waals surface area contributed by atoms with Crippen molar-refractivity contribution in [2.75, 3.05) is 6.54 Å². The van der Waals surface area contributed by atoms with Gasteiger partial charge >= 0.3 is 0 Å². The lowest BCUT2D eigenvalue weighted by Gasteiger charge is -2.27. The largest absolute Gasteiger partial charge is 0.360 e. The van der Waals surface area contributed by atoms with Crippen LogP contribution in [-0.2, 0) is 0 Å². The maximum absolute atomic E-state index is 13.2. The van der Waals surface area contributed by atoms with E-state index in [1.165, 1.54) is 12.1 Å². The van der Waals surface area contributed by atoms with Gasteiger partial charge in [-0.05, 0) is 49.9 Å². The molecule has 1 aliphatic heterocycles. The summed E-state index contributed by atoms with van der Waals surface area (Å²) in [5.41, 5.74) is 1.77. The minimum absolute atomic E-state index is 0.132. The molecule has 150 valence electrons. The number of carbonyl (C=O) groups excluding carboxylic acids is 1. The Morgan fingerprint density at radius 2 is 1.76 bits per heavy atom. The van der Waals surface area contributed by atoms with E-state index in [9.17, 15) is 9.18 Å². The summed E-state index contributed by atoms with van der Waals surface area (Å²) in [7, 11) is 0. The highest BCUT2D eigenvalue weighted by Crippen LogP contribution is 2.40. The van der Waals surface area contributed by atoms with Crippen LogP contribution in [0, 0.1) is 5.82 Å². The molecule has 6 nitrogen and oxygen atoms in total. The lowest BCUT2D eigenvalue weighted by Crippen LogP contribution is -2.34. The Bertz CT molecular complexity index is 1010. The van der Waals surface area contributed by atoms with Crippen LogP contribution in [0.5, 0.6) is 0 Å². The summed E-state index contributed by atoms with van der Waals surface area (Å²) in [5, 5.41) is 8.18. The van der Waals surface area contributed by atoms with Gasteiger partial charge in [0.05, 0.1) is 6.04 Å². The first-order valence-electron chi connectivity index (χ1n) is 10.2. The lowest BCUT2D eigenvalue weighted by atomic mass is 10.1. The van der Waals surface area contributed by atoms with E-state index in [0.29, 0.717) is 29.6 Å². The molecule has 2 fully saturated rings. The van der Waals surface area contributed by atoms with Crippen LogP contribution in [0.25, 0.3) is 11.3 Å². The van der Waals surface area contributed by atoms with E-state index in [1.807, 2.05) is 11.0 Å². The van der Waals surface area contributed by atoms with E-state index >= 15 is 0 Å². The van der Waals surface area contributed by atoms with Gasteiger partial charge in [0.2, 0.25) is 0 Å². The van der Waals surface area contributed by atoms with Crippen LogP contribution in [0.15, 0.2) is 45.4 Å². The Morgan fingerprint density at radius 3 is 2.55 bits per heavy atom. The smallest absolute Gasteiger partial charge is 0.276 e. The highest BCUT2D eigenvalue weighted by atomic mass is 19.1. The number of hydrogen-bond acceptors (Lipinski definition) is 5. The van der Waals surface area contributed by atoms with Crippen LogP contribution >= 0.6 is 0 Å². The molecular weight excluding hydrogens is 373 g/mol. The lowest BCUT2D eigenvalue weighted by molar-refractivity contribution is 0.0640. The van der Waals surface area contributed by atoms with E-state index in [1.54, 1.807) is 18.2 Å². The van der Waals surface area contributed by atoms with Gasteiger partial charge in [0.15, 0.2) is 11.5 Å². The van der Waals surface area contributed by atoms with Gasteiger partial charge in [-0.2, -0.15) is 0 Å². The average Bonchev–Trinajstić information content (AvgIpc) is 3.35. The number of nitrogens with zero attached hydrogens (tertiary/aromatic N) is 3. The number of aromatic nitrogens is 2. The molecule has 29 heavy (non-hydrogen) atoms. The van der Waals surface area contributed by atoms with E-state index < -0.39 is 0 Å². The predicted molar refractivity (Wildman–Crippen MR) is 103 cm³/mol. The second kappa shape index (κ2) is 7.46. The molecule has 0 radical (unpaired) electrons.